The lowest BCUT2D eigenvalue weighted by Gasteiger charge is -2.18. The van der Waals surface area contributed by atoms with Gasteiger partial charge in [-0.05, 0) is 37.1 Å². The van der Waals surface area contributed by atoms with Crippen LogP contribution in [0.3, 0.4) is 0 Å². The number of thiazole rings is 1. The van der Waals surface area contributed by atoms with Crippen LogP contribution in [0.4, 0.5) is 0 Å². The molecule has 1 atom stereocenters. The predicted molar refractivity (Wildman–Crippen MR) is 93.3 cm³/mol. The van der Waals surface area contributed by atoms with Crippen LogP contribution >= 0.6 is 11.3 Å². The summed E-state index contributed by atoms with van der Waals surface area (Å²) in [6.07, 6.45) is 0. The van der Waals surface area contributed by atoms with Crippen molar-refractivity contribution in [2.45, 2.75) is 19.4 Å². The van der Waals surface area contributed by atoms with Gasteiger partial charge in [0.05, 0.1) is 10.2 Å². The van der Waals surface area contributed by atoms with Crippen LogP contribution in [-0.2, 0) is 10.4 Å². The Labute approximate surface area is 138 Å². The third kappa shape index (κ3) is 2.98. The van der Waals surface area contributed by atoms with Gasteiger partial charge in [0.1, 0.15) is 5.01 Å². The van der Waals surface area contributed by atoms with E-state index >= 15 is 0 Å². The summed E-state index contributed by atoms with van der Waals surface area (Å²) < 4.78 is 0.950. The zero-order valence-electron chi connectivity index (χ0n) is 13.0. The molecule has 0 saturated carbocycles. The van der Waals surface area contributed by atoms with E-state index in [0.29, 0.717) is 11.6 Å². The highest BCUT2D eigenvalue weighted by molar-refractivity contribution is 7.18. The van der Waals surface area contributed by atoms with Gasteiger partial charge in [0, 0.05) is 6.54 Å². The molecule has 3 rings (SSSR count). The molecule has 0 radical (unpaired) electrons. The SMILES string of the molecule is CCNC(=O)C(C)(O)c1nc2ccc(-c3ccccc3)cc2s1. The van der Waals surface area contributed by atoms with Crippen molar-refractivity contribution in [1.82, 2.24) is 10.3 Å². The number of fused-ring (bicyclic) bond motifs is 1. The maximum atomic E-state index is 12.0. The Bertz CT molecular complexity index is 841. The van der Waals surface area contributed by atoms with E-state index in [0.717, 1.165) is 21.3 Å². The van der Waals surface area contributed by atoms with E-state index in [1.807, 2.05) is 55.5 Å². The minimum atomic E-state index is -1.62. The second-order valence-electron chi connectivity index (χ2n) is 5.50. The van der Waals surface area contributed by atoms with E-state index in [9.17, 15) is 9.90 Å². The zero-order chi connectivity index (χ0) is 16.4. The van der Waals surface area contributed by atoms with Crippen molar-refractivity contribution in [1.29, 1.82) is 0 Å². The van der Waals surface area contributed by atoms with E-state index in [1.165, 1.54) is 18.3 Å². The lowest BCUT2D eigenvalue weighted by molar-refractivity contribution is -0.138. The first-order valence-corrected chi connectivity index (χ1v) is 8.31. The van der Waals surface area contributed by atoms with Crippen molar-refractivity contribution in [3.8, 4) is 11.1 Å². The predicted octanol–water partition coefficient (Wildman–Crippen LogP) is 3.31. The summed E-state index contributed by atoms with van der Waals surface area (Å²) in [4.78, 5) is 16.5. The van der Waals surface area contributed by atoms with E-state index in [-0.39, 0.29) is 0 Å². The fourth-order valence-corrected chi connectivity index (χ4v) is 3.42. The molecule has 0 saturated heterocycles. The monoisotopic (exact) mass is 326 g/mol. The van der Waals surface area contributed by atoms with Gasteiger partial charge >= 0.3 is 0 Å². The summed E-state index contributed by atoms with van der Waals surface area (Å²) >= 11 is 1.35. The molecule has 0 bridgehead atoms. The molecule has 2 N–H and O–H groups in total. The highest BCUT2D eigenvalue weighted by Gasteiger charge is 2.35. The number of carbonyl (C=O) groups is 1. The second-order valence-corrected chi connectivity index (χ2v) is 6.53. The van der Waals surface area contributed by atoms with Crippen molar-refractivity contribution in [3.05, 3.63) is 53.5 Å². The van der Waals surface area contributed by atoms with Crippen molar-refractivity contribution in [2.24, 2.45) is 0 Å². The average molecular weight is 326 g/mol. The Morgan fingerprint density at radius 2 is 1.96 bits per heavy atom. The molecule has 0 aliphatic heterocycles. The number of rotatable bonds is 4. The Morgan fingerprint density at radius 3 is 2.65 bits per heavy atom. The van der Waals surface area contributed by atoms with Crippen LogP contribution < -0.4 is 5.32 Å². The molecule has 0 spiro atoms. The lowest BCUT2D eigenvalue weighted by atomic mass is 10.1. The minimum absolute atomic E-state index is 0.406. The molecular formula is C18H18N2O2S. The Morgan fingerprint density at radius 1 is 1.22 bits per heavy atom. The number of nitrogens with zero attached hydrogens (tertiary/aromatic N) is 1. The van der Waals surface area contributed by atoms with Crippen LogP contribution in [0, 0.1) is 0 Å². The first-order valence-electron chi connectivity index (χ1n) is 7.49. The highest BCUT2D eigenvalue weighted by atomic mass is 32.1. The highest BCUT2D eigenvalue weighted by Crippen LogP contribution is 2.33. The molecule has 1 heterocycles. The summed E-state index contributed by atoms with van der Waals surface area (Å²) in [6.45, 7) is 3.77. The molecule has 3 aromatic rings. The number of aliphatic hydroxyl groups is 1. The molecule has 0 fully saturated rings. The number of likely N-dealkylation sites (N-methyl/N-ethyl adjacent to an activating group) is 1. The molecule has 118 valence electrons. The van der Waals surface area contributed by atoms with Gasteiger partial charge in [-0.1, -0.05) is 36.4 Å². The van der Waals surface area contributed by atoms with Gasteiger partial charge in [0.25, 0.3) is 5.91 Å². The van der Waals surface area contributed by atoms with Gasteiger partial charge in [-0.3, -0.25) is 4.79 Å². The quantitative estimate of drug-likeness (QED) is 0.773. The fraction of sp³-hybridized carbons (Fsp3) is 0.222. The van der Waals surface area contributed by atoms with Crippen molar-refractivity contribution in [2.75, 3.05) is 6.54 Å². The van der Waals surface area contributed by atoms with Crippen LogP contribution in [0.15, 0.2) is 48.5 Å². The van der Waals surface area contributed by atoms with Crippen molar-refractivity contribution in [3.63, 3.8) is 0 Å². The van der Waals surface area contributed by atoms with Gasteiger partial charge in [0.15, 0.2) is 5.60 Å². The van der Waals surface area contributed by atoms with E-state index in [4.69, 9.17) is 0 Å². The summed E-state index contributed by atoms with van der Waals surface area (Å²) in [5.74, 6) is -0.428. The minimum Gasteiger partial charge on any atom is -0.374 e. The zero-order valence-corrected chi connectivity index (χ0v) is 13.9. The molecule has 5 heteroatoms. The third-order valence-electron chi connectivity index (χ3n) is 3.69. The Balaban J connectivity index is 2.01. The molecule has 1 aromatic heterocycles. The van der Waals surface area contributed by atoms with Crippen LogP contribution in [-0.4, -0.2) is 22.5 Å². The van der Waals surface area contributed by atoms with Gasteiger partial charge in [-0.2, -0.15) is 0 Å². The topological polar surface area (TPSA) is 62.2 Å². The molecule has 1 amide bonds. The third-order valence-corrected chi connectivity index (χ3v) is 4.92. The number of benzene rings is 2. The smallest absolute Gasteiger partial charge is 0.258 e. The Kier molecular flexibility index (Phi) is 4.15. The molecule has 2 aromatic carbocycles. The largest absolute Gasteiger partial charge is 0.374 e. The average Bonchev–Trinajstić information content (AvgIpc) is 2.99. The number of aromatic nitrogens is 1. The first kappa shape index (κ1) is 15.6. The van der Waals surface area contributed by atoms with Gasteiger partial charge in [-0.25, -0.2) is 4.98 Å². The molecular weight excluding hydrogens is 308 g/mol. The van der Waals surface area contributed by atoms with Gasteiger partial charge in [-0.15, -0.1) is 11.3 Å². The standard InChI is InChI=1S/C18H18N2O2S/c1-3-19-16(21)18(2,22)17-20-14-10-9-13(11-15(14)23-17)12-7-5-4-6-8-12/h4-11,22H,3H2,1-2H3,(H,19,21). The number of amides is 1. The van der Waals surface area contributed by atoms with E-state index in [1.54, 1.807) is 0 Å². The van der Waals surface area contributed by atoms with Crippen molar-refractivity contribution >= 4 is 27.5 Å². The van der Waals surface area contributed by atoms with Crippen molar-refractivity contribution < 1.29 is 9.90 Å². The fourth-order valence-electron chi connectivity index (χ4n) is 2.37. The number of hydrogen-bond acceptors (Lipinski definition) is 4. The molecule has 0 aliphatic carbocycles. The molecule has 23 heavy (non-hydrogen) atoms. The number of nitrogens with one attached hydrogen (secondary N) is 1. The van der Waals surface area contributed by atoms with E-state index in [2.05, 4.69) is 10.3 Å². The number of carbonyl (C=O) groups excluding carboxylic acids is 1. The molecule has 1 unspecified atom stereocenters. The number of hydrogen-bond donors (Lipinski definition) is 2. The maximum Gasteiger partial charge on any atom is 0.258 e. The second kappa shape index (κ2) is 6.10. The van der Waals surface area contributed by atoms with Crippen LogP contribution in [0.2, 0.25) is 0 Å². The lowest BCUT2D eigenvalue weighted by Crippen LogP contribution is -2.42. The normalized spacial score (nSPS) is 13.7. The van der Waals surface area contributed by atoms with Crippen LogP contribution in [0.25, 0.3) is 21.3 Å². The summed E-state index contributed by atoms with van der Waals surface area (Å²) in [6, 6.07) is 16.0. The summed E-state index contributed by atoms with van der Waals surface area (Å²) in [5.41, 5.74) is 1.38. The first-order chi connectivity index (χ1) is 11.0. The van der Waals surface area contributed by atoms with Crippen LogP contribution in [0.1, 0.15) is 18.9 Å². The Hall–Kier alpha value is -2.24. The van der Waals surface area contributed by atoms with Gasteiger partial charge in [0.2, 0.25) is 0 Å². The van der Waals surface area contributed by atoms with Gasteiger partial charge < -0.3 is 10.4 Å². The molecule has 0 aliphatic rings. The summed E-state index contributed by atoms with van der Waals surface area (Å²) in [7, 11) is 0. The molecule has 4 nitrogen and oxygen atoms in total. The summed E-state index contributed by atoms with van der Waals surface area (Å²) in [5, 5.41) is 13.6. The maximum absolute atomic E-state index is 12.0. The van der Waals surface area contributed by atoms with Crippen LogP contribution in [0.5, 0.6) is 0 Å². The van der Waals surface area contributed by atoms with E-state index < -0.39 is 11.5 Å².